The molecule has 1 heterocycles. The summed E-state index contributed by atoms with van der Waals surface area (Å²) in [6, 6.07) is 16.7. The molecule has 28 heavy (non-hydrogen) atoms. The van der Waals surface area contributed by atoms with E-state index >= 15 is 0 Å². The number of para-hydroxylation sites is 1. The fourth-order valence-corrected chi connectivity index (χ4v) is 2.72. The monoisotopic (exact) mass is 375 g/mol. The van der Waals surface area contributed by atoms with Crippen LogP contribution in [0.15, 0.2) is 67.0 Å². The summed E-state index contributed by atoms with van der Waals surface area (Å²) in [5, 5.41) is 5.83. The lowest BCUT2D eigenvalue weighted by Gasteiger charge is -2.20. The summed E-state index contributed by atoms with van der Waals surface area (Å²) in [5.41, 5.74) is 2.51. The molecule has 2 N–H and O–H groups in total. The van der Waals surface area contributed by atoms with Crippen LogP contribution in [0.25, 0.3) is 0 Å². The molecule has 0 radical (unpaired) electrons. The number of anilines is 4. The van der Waals surface area contributed by atoms with Crippen molar-refractivity contribution < 1.29 is 9.59 Å². The van der Waals surface area contributed by atoms with E-state index in [1.165, 1.54) is 19.3 Å². The Morgan fingerprint density at radius 1 is 0.964 bits per heavy atom. The highest BCUT2D eigenvalue weighted by atomic mass is 16.2. The van der Waals surface area contributed by atoms with Crippen LogP contribution in [-0.4, -0.2) is 28.3 Å². The third-order valence-electron chi connectivity index (χ3n) is 3.96. The first-order chi connectivity index (χ1) is 13.6. The maximum Gasteiger partial charge on any atom is 0.278 e. The molecule has 3 aromatic rings. The molecule has 2 aromatic carbocycles. The van der Waals surface area contributed by atoms with Gasteiger partial charge in [0, 0.05) is 30.5 Å². The Morgan fingerprint density at radius 3 is 2.36 bits per heavy atom. The van der Waals surface area contributed by atoms with Gasteiger partial charge in [0.15, 0.2) is 0 Å². The van der Waals surface area contributed by atoms with Crippen LogP contribution in [0.5, 0.6) is 0 Å². The van der Waals surface area contributed by atoms with Gasteiger partial charge in [0.25, 0.3) is 5.91 Å². The van der Waals surface area contributed by atoms with Gasteiger partial charge in [-0.25, -0.2) is 9.97 Å². The Balaban J connectivity index is 1.73. The minimum absolute atomic E-state index is 0.140. The second kappa shape index (κ2) is 8.77. The number of hydrogen-bond acceptors (Lipinski definition) is 5. The van der Waals surface area contributed by atoms with E-state index in [2.05, 4.69) is 20.6 Å². The lowest BCUT2D eigenvalue weighted by molar-refractivity contribution is -0.114. The average molecular weight is 375 g/mol. The zero-order valence-corrected chi connectivity index (χ0v) is 15.7. The van der Waals surface area contributed by atoms with E-state index in [4.69, 9.17) is 0 Å². The van der Waals surface area contributed by atoms with Crippen molar-refractivity contribution in [3.05, 3.63) is 72.7 Å². The number of nitrogens with zero attached hydrogens (tertiary/aromatic N) is 3. The summed E-state index contributed by atoms with van der Waals surface area (Å²) in [7, 11) is 0. The summed E-state index contributed by atoms with van der Waals surface area (Å²) in [5.74, 6) is 0.151. The molecule has 3 rings (SSSR count). The first kappa shape index (κ1) is 19.0. The Labute approximate surface area is 163 Å². The first-order valence-corrected chi connectivity index (χ1v) is 8.90. The fraction of sp³-hybridized carbons (Fsp3) is 0.143. The molecule has 142 valence electrons. The second-order valence-electron chi connectivity index (χ2n) is 6.06. The van der Waals surface area contributed by atoms with Gasteiger partial charge in [-0.15, -0.1) is 0 Å². The summed E-state index contributed by atoms with van der Waals surface area (Å²) in [4.78, 5) is 34.1. The predicted octanol–water partition coefficient (Wildman–Crippen LogP) is 3.85. The normalized spacial score (nSPS) is 10.2. The highest BCUT2D eigenvalue weighted by Crippen LogP contribution is 2.19. The molecule has 1 aromatic heterocycles. The van der Waals surface area contributed by atoms with Crippen LogP contribution in [0.4, 0.5) is 22.9 Å². The number of carbonyl (C=O) groups is 2. The molecule has 0 fully saturated rings. The van der Waals surface area contributed by atoms with Crippen molar-refractivity contribution in [3.63, 3.8) is 0 Å². The van der Waals surface area contributed by atoms with Gasteiger partial charge in [-0.05, 0) is 37.3 Å². The first-order valence-electron chi connectivity index (χ1n) is 8.90. The summed E-state index contributed by atoms with van der Waals surface area (Å²) >= 11 is 0. The molecular weight excluding hydrogens is 354 g/mol. The number of nitrogens with one attached hydrogen (secondary N) is 2. The number of amides is 2. The smallest absolute Gasteiger partial charge is 0.278 e. The molecule has 0 aliphatic carbocycles. The summed E-state index contributed by atoms with van der Waals surface area (Å²) in [6.07, 6.45) is 2.96. The minimum atomic E-state index is -0.208. The van der Waals surface area contributed by atoms with Crippen LogP contribution in [-0.2, 0) is 4.79 Å². The van der Waals surface area contributed by atoms with Crippen LogP contribution in [0.1, 0.15) is 24.3 Å². The van der Waals surface area contributed by atoms with E-state index in [9.17, 15) is 9.59 Å². The minimum Gasteiger partial charge on any atom is -0.339 e. The lowest BCUT2D eigenvalue weighted by atomic mass is 10.2. The van der Waals surface area contributed by atoms with Crippen molar-refractivity contribution in [1.82, 2.24) is 9.97 Å². The molecule has 0 aliphatic heterocycles. The van der Waals surface area contributed by atoms with Gasteiger partial charge >= 0.3 is 0 Å². The quantitative estimate of drug-likeness (QED) is 0.683. The fourth-order valence-electron chi connectivity index (χ4n) is 2.72. The van der Waals surface area contributed by atoms with Crippen molar-refractivity contribution in [2.24, 2.45) is 0 Å². The number of aromatic nitrogens is 2. The van der Waals surface area contributed by atoms with Crippen molar-refractivity contribution in [3.8, 4) is 0 Å². The Morgan fingerprint density at radius 2 is 1.71 bits per heavy atom. The van der Waals surface area contributed by atoms with Crippen LogP contribution in [0.3, 0.4) is 0 Å². The molecule has 0 spiro atoms. The lowest BCUT2D eigenvalue weighted by Crippen LogP contribution is -2.31. The van der Waals surface area contributed by atoms with E-state index in [1.54, 1.807) is 17.0 Å². The molecule has 2 amide bonds. The van der Waals surface area contributed by atoms with E-state index in [1.807, 2.05) is 49.4 Å². The van der Waals surface area contributed by atoms with E-state index in [0.717, 1.165) is 11.4 Å². The molecule has 0 unspecified atom stereocenters. The zero-order valence-electron chi connectivity index (χ0n) is 15.7. The van der Waals surface area contributed by atoms with E-state index in [0.29, 0.717) is 18.1 Å². The van der Waals surface area contributed by atoms with Crippen LogP contribution in [0.2, 0.25) is 0 Å². The number of hydrogen-bond donors (Lipinski definition) is 2. The van der Waals surface area contributed by atoms with Gasteiger partial charge in [0.2, 0.25) is 5.91 Å². The predicted molar refractivity (Wildman–Crippen MR) is 110 cm³/mol. The number of benzene rings is 2. The zero-order chi connectivity index (χ0) is 19.9. The van der Waals surface area contributed by atoms with Crippen molar-refractivity contribution in [1.29, 1.82) is 0 Å². The topological polar surface area (TPSA) is 87.2 Å². The number of carbonyl (C=O) groups excluding carboxylic acids is 2. The van der Waals surface area contributed by atoms with Gasteiger partial charge in [0.05, 0.1) is 12.4 Å². The second-order valence-corrected chi connectivity index (χ2v) is 6.06. The van der Waals surface area contributed by atoms with Crippen LogP contribution < -0.4 is 15.5 Å². The Bertz CT molecular complexity index is 958. The Hall–Kier alpha value is -3.74. The van der Waals surface area contributed by atoms with Gasteiger partial charge in [-0.2, -0.15) is 0 Å². The van der Waals surface area contributed by atoms with Gasteiger partial charge < -0.3 is 15.5 Å². The molecule has 7 heteroatoms. The van der Waals surface area contributed by atoms with Gasteiger partial charge in [-0.1, -0.05) is 24.3 Å². The molecule has 0 saturated carbocycles. The third-order valence-corrected chi connectivity index (χ3v) is 3.96. The third kappa shape index (κ3) is 4.70. The highest BCUT2D eigenvalue weighted by molar-refractivity contribution is 6.04. The maximum atomic E-state index is 12.8. The molecule has 0 bridgehead atoms. The van der Waals surface area contributed by atoms with Crippen molar-refractivity contribution in [2.45, 2.75) is 13.8 Å². The van der Waals surface area contributed by atoms with E-state index in [-0.39, 0.29) is 17.5 Å². The van der Waals surface area contributed by atoms with Gasteiger partial charge in [0.1, 0.15) is 11.5 Å². The van der Waals surface area contributed by atoms with Gasteiger partial charge in [-0.3, -0.25) is 9.59 Å². The molecule has 0 saturated heterocycles. The SMILES string of the molecule is CCN(C(=O)c1cnc(Nc2cccc(NC(C)=O)c2)cn1)c1ccccc1. The molecule has 7 nitrogen and oxygen atoms in total. The molecular formula is C21H21N5O2. The standard InChI is InChI=1S/C21H21N5O2/c1-3-26(18-10-5-4-6-11-18)21(28)19-13-23-20(14-22-19)25-17-9-7-8-16(12-17)24-15(2)27/h4-14H,3H2,1-2H3,(H,23,25)(H,24,27). The highest BCUT2D eigenvalue weighted by Gasteiger charge is 2.17. The van der Waals surface area contributed by atoms with Crippen LogP contribution >= 0.6 is 0 Å². The average Bonchev–Trinajstić information content (AvgIpc) is 2.70. The Kier molecular flexibility index (Phi) is 5.96. The number of rotatable bonds is 6. The largest absolute Gasteiger partial charge is 0.339 e. The van der Waals surface area contributed by atoms with Crippen LogP contribution in [0, 0.1) is 0 Å². The summed E-state index contributed by atoms with van der Waals surface area (Å²) < 4.78 is 0. The van der Waals surface area contributed by atoms with Crippen molar-refractivity contribution >= 4 is 34.7 Å². The summed E-state index contributed by atoms with van der Waals surface area (Å²) in [6.45, 7) is 3.90. The maximum absolute atomic E-state index is 12.8. The molecule has 0 aliphatic rings. The van der Waals surface area contributed by atoms with Crippen molar-refractivity contribution in [2.75, 3.05) is 22.1 Å². The van der Waals surface area contributed by atoms with E-state index < -0.39 is 0 Å². The molecule has 0 atom stereocenters.